The van der Waals surface area contributed by atoms with Crippen LogP contribution in [-0.2, 0) is 0 Å². The predicted octanol–water partition coefficient (Wildman–Crippen LogP) is 14.2. The van der Waals surface area contributed by atoms with E-state index in [0.717, 1.165) is 88.5 Å². The highest BCUT2D eigenvalue weighted by Crippen LogP contribution is 2.46. The lowest BCUT2D eigenvalue weighted by molar-refractivity contribution is 0.673. The smallest absolute Gasteiger partial charge is 0.160 e. The summed E-state index contributed by atoms with van der Waals surface area (Å²) in [5, 5.41) is 10.4. The Balaban J connectivity index is 1.08. The highest BCUT2D eigenvalue weighted by molar-refractivity contribution is 6.34. The molecule has 0 aliphatic rings. The molecule has 5 heteroatoms. The topological polar surface area (TPSA) is 48.8 Å². The largest absolute Gasteiger partial charge is 0.455 e. The molecule has 59 heavy (non-hydrogen) atoms. The van der Waals surface area contributed by atoms with E-state index in [1.165, 1.54) is 26.9 Å². The average molecular weight is 753 g/mol. The van der Waals surface area contributed by atoms with Gasteiger partial charge < -0.3 is 13.6 Å². The van der Waals surface area contributed by atoms with E-state index in [1.54, 1.807) is 0 Å². The summed E-state index contributed by atoms with van der Waals surface area (Å²) in [7, 11) is 0. The molecule has 0 aliphatic heterocycles. The summed E-state index contributed by atoms with van der Waals surface area (Å²) in [5.41, 5.74) is 12.4. The van der Waals surface area contributed by atoms with Gasteiger partial charge >= 0.3 is 0 Å². The number of hydrogen-bond donors (Lipinski definition) is 0. The van der Waals surface area contributed by atoms with Gasteiger partial charge in [-0.3, -0.25) is 0 Å². The van der Waals surface area contributed by atoms with Gasteiger partial charge in [-0.25, -0.2) is 9.97 Å². The van der Waals surface area contributed by atoms with Gasteiger partial charge in [0, 0.05) is 54.8 Å². The molecule has 0 amide bonds. The van der Waals surface area contributed by atoms with Crippen LogP contribution in [-0.4, -0.2) is 19.1 Å². The molecule has 0 saturated carbocycles. The Hall–Kier alpha value is -8.02. The zero-order valence-corrected chi connectivity index (χ0v) is 31.7. The van der Waals surface area contributed by atoms with Crippen LogP contribution in [0.15, 0.2) is 199 Å². The first kappa shape index (κ1) is 32.1. The Labute approximate surface area is 337 Å². The van der Waals surface area contributed by atoms with Crippen molar-refractivity contribution in [3.05, 3.63) is 194 Å². The number of fused-ring (bicyclic) bond motifs is 13. The van der Waals surface area contributed by atoms with E-state index in [1.807, 2.05) is 24.3 Å². The van der Waals surface area contributed by atoms with Crippen molar-refractivity contribution < 1.29 is 4.42 Å². The van der Waals surface area contributed by atoms with Gasteiger partial charge in [0.2, 0.25) is 0 Å². The second kappa shape index (κ2) is 12.2. The van der Waals surface area contributed by atoms with E-state index in [9.17, 15) is 0 Å². The minimum Gasteiger partial charge on any atom is -0.455 e. The molecule has 13 rings (SSSR count). The summed E-state index contributed by atoms with van der Waals surface area (Å²) in [4.78, 5) is 10.2. The average Bonchev–Trinajstić information content (AvgIpc) is 3.96. The molecule has 0 radical (unpaired) electrons. The lowest BCUT2D eigenvalue weighted by atomic mass is 10.0. The Morgan fingerprint density at radius 3 is 1.88 bits per heavy atom. The molecule has 4 aromatic heterocycles. The van der Waals surface area contributed by atoms with Gasteiger partial charge in [-0.1, -0.05) is 115 Å². The van der Waals surface area contributed by atoms with Crippen LogP contribution in [0.2, 0.25) is 0 Å². The fourth-order valence-electron chi connectivity index (χ4n) is 9.48. The molecule has 13 aromatic rings. The fraction of sp³-hybridized carbons (Fsp3) is 0. The number of nitrogens with zero attached hydrogens (tertiary/aromatic N) is 4. The monoisotopic (exact) mass is 752 g/mol. The van der Waals surface area contributed by atoms with Gasteiger partial charge in [-0.2, -0.15) is 0 Å². The van der Waals surface area contributed by atoms with Crippen LogP contribution < -0.4 is 0 Å². The van der Waals surface area contributed by atoms with Crippen LogP contribution >= 0.6 is 0 Å². The molecule has 9 aromatic carbocycles. The van der Waals surface area contributed by atoms with Crippen molar-refractivity contribution in [2.24, 2.45) is 0 Å². The summed E-state index contributed by atoms with van der Waals surface area (Å²) in [6, 6.07) is 68.9. The zero-order valence-electron chi connectivity index (χ0n) is 31.7. The van der Waals surface area contributed by atoms with Crippen LogP contribution in [0.25, 0.3) is 121 Å². The van der Waals surface area contributed by atoms with Crippen molar-refractivity contribution in [2.45, 2.75) is 0 Å². The SMILES string of the molecule is c1ccc(-c2nc(-c3ccc(-n4c5ccc6c7ccccc7oc6c5c5c6c7ccccc7n(-c7ccc8ccccc8c7)c6ccc54)cc3)nc3ccccc23)cc1. The summed E-state index contributed by atoms with van der Waals surface area (Å²) in [6.07, 6.45) is 0. The maximum absolute atomic E-state index is 6.85. The van der Waals surface area contributed by atoms with Crippen LogP contribution in [0.4, 0.5) is 0 Å². The second-order valence-electron chi connectivity index (χ2n) is 15.3. The highest BCUT2D eigenvalue weighted by atomic mass is 16.3. The van der Waals surface area contributed by atoms with Gasteiger partial charge in [0.25, 0.3) is 0 Å². The summed E-state index contributed by atoms with van der Waals surface area (Å²) < 4.78 is 11.7. The van der Waals surface area contributed by atoms with Crippen LogP contribution in [0.3, 0.4) is 0 Å². The molecule has 4 heterocycles. The number of benzene rings is 9. The van der Waals surface area contributed by atoms with Gasteiger partial charge in [0.15, 0.2) is 5.82 Å². The number of para-hydroxylation sites is 3. The molecular weight excluding hydrogens is 721 g/mol. The lowest BCUT2D eigenvalue weighted by Gasteiger charge is -2.11. The van der Waals surface area contributed by atoms with Crippen molar-refractivity contribution in [1.82, 2.24) is 19.1 Å². The van der Waals surface area contributed by atoms with E-state index < -0.39 is 0 Å². The zero-order chi connectivity index (χ0) is 38.6. The molecule has 274 valence electrons. The Morgan fingerprint density at radius 1 is 0.373 bits per heavy atom. The third-order valence-electron chi connectivity index (χ3n) is 12.1. The Morgan fingerprint density at radius 2 is 1.02 bits per heavy atom. The molecule has 5 nitrogen and oxygen atoms in total. The van der Waals surface area contributed by atoms with Gasteiger partial charge in [-0.15, -0.1) is 0 Å². The lowest BCUT2D eigenvalue weighted by Crippen LogP contribution is -1.97. The van der Waals surface area contributed by atoms with E-state index >= 15 is 0 Å². The van der Waals surface area contributed by atoms with E-state index in [4.69, 9.17) is 14.4 Å². The number of furan rings is 1. The Kier molecular flexibility index (Phi) is 6.66. The molecular formula is C54H32N4O. The summed E-state index contributed by atoms with van der Waals surface area (Å²) in [6.45, 7) is 0. The second-order valence-corrected chi connectivity index (χ2v) is 15.3. The maximum Gasteiger partial charge on any atom is 0.160 e. The normalized spacial score (nSPS) is 12.1. The quantitative estimate of drug-likeness (QED) is 0.180. The van der Waals surface area contributed by atoms with E-state index in [0.29, 0.717) is 5.82 Å². The standard InChI is InChI=1S/C54H32N4O/c1-2-13-34(14-3-1)52-41-17-6-9-19-43(41)55-54(56-52)35-23-25-37(26-24-35)57-46-31-30-45-49(50(46)51-47(57)29-28-40-39-16-8-11-21-48(39)59-53(40)51)42-18-7-10-20-44(42)58(45)38-27-22-33-12-4-5-15-36(33)32-38/h1-32H. The molecule has 0 bridgehead atoms. The van der Waals surface area contributed by atoms with Crippen molar-refractivity contribution in [2.75, 3.05) is 0 Å². The minimum absolute atomic E-state index is 0.698. The molecule has 0 unspecified atom stereocenters. The molecule has 0 aliphatic carbocycles. The molecule has 0 N–H and O–H groups in total. The summed E-state index contributed by atoms with van der Waals surface area (Å²) in [5.74, 6) is 0.698. The summed E-state index contributed by atoms with van der Waals surface area (Å²) >= 11 is 0. The molecule has 0 atom stereocenters. The third-order valence-corrected chi connectivity index (χ3v) is 12.1. The van der Waals surface area contributed by atoms with E-state index in [2.05, 4.69) is 179 Å². The van der Waals surface area contributed by atoms with Crippen LogP contribution in [0.1, 0.15) is 0 Å². The van der Waals surface area contributed by atoms with E-state index in [-0.39, 0.29) is 0 Å². The van der Waals surface area contributed by atoms with Crippen molar-refractivity contribution >= 4 is 87.2 Å². The maximum atomic E-state index is 6.85. The first-order valence-corrected chi connectivity index (χ1v) is 20.0. The first-order valence-electron chi connectivity index (χ1n) is 20.0. The van der Waals surface area contributed by atoms with Gasteiger partial charge in [-0.05, 0) is 89.6 Å². The highest BCUT2D eigenvalue weighted by Gasteiger charge is 2.24. The first-order chi connectivity index (χ1) is 29.3. The minimum atomic E-state index is 0.698. The Bertz CT molecular complexity index is 3830. The number of rotatable bonds is 4. The molecule has 0 saturated heterocycles. The predicted molar refractivity (Wildman–Crippen MR) is 244 cm³/mol. The van der Waals surface area contributed by atoms with Crippen LogP contribution in [0.5, 0.6) is 0 Å². The number of hydrogen-bond acceptors (Lipinski definition) is 3. The van der Waals surface area contributed by atoms with Gasteiger partial charge in [0.1, 0.15) is 11.2 Å². The van der Waals surface area contributed by atoms with Crippen molar-refractivity contribution in [1.29, 1.82) is 0 Å². The van der Waals surface area contributed by atoms with Crippen molar-refractivity contribution in [3.8, 4) is 34.0 Å². The third kappa shape index (κ3) is 4.67. The van der Waals surface area contributed by atoms with Gasteiger partial charge in [0.05, 0.1) is 38.7 Å². The molecule has 0 spiro atoms. The fourth-order valence-corrected chi connectivity index (χ4v) is 9.48. The van der Waals surface area contributed by atoms with Crippen molar-refractivity contribution in [3.63, 3.8) is 0 Å². The number of aromatic nitrogens is 4. The van der Waals surface area contributed by atoms with Crippen LogP contribution in [0, 0.1) is 0 Å². The molecule has 0 fully saturated rings.